The van der Waals surface area contributed by atoms with Crippen LogP contribution < -0.4 is 5.73 Å². The smallest absolute Gasteiger partial charge is 0.246 e. The summed E-state index contributed by atoms with van der Waals surface area (Å²) < 4.78 is 57.6. The molecule has 0 radical (unpaired) electrons. The van der Waals surface area contributed by atoms with Crippen molar-refractivity contribution in [3.8, 4) is 0 Å². The Morgan fingerprint density at radius 1 is 1.45 bits per heavy atom. The molecule has 1 aliphatic rings. The van der Waals surface area contributed by atoms with Crippen molar-refractivity contribution in [3.63, 3.8) is 0 Å². The first-order valence-electron chi connectivity index (χ1n) is 5.83. The number of hydrogen-bond acceptors (Lipinski definition) is 5. The van der Waals surface area contributed by atoms with Crippen LogP contribution in [-0.4, -0.2) is 50.2 Å². The molecule has 3 N–H and O–H groups in total. The Bertz CT molecular complexity index is 609. The Balaban J connectivity index is 2.40. The van der Waals surface area contributed by atoms with Crippen LogP contribution in [-0.2, 0) is 14.8 Å². The van der Waals surface area contributed by atoms with Gasteiger partial charge < -0.3 is 15.6 Å². The molecule has 2 rings (SSSR count). The van der Waals surface area contributed by atoms with Crippen molar-refractivity contribution in [1.29, 1.82) is 0 Å². The standard InChI is InChI=1S/C11H14F2N2O4S/c12-9-3-7(14)4-10(11(9)13)20(17,18)15-1-2-19-8(5-15)6-16/h3-4,8,16H,1-2,5-6,14H2. The van der Waals surface area contributed by atoms with E-state index in [9.17, 15) is 17.2 Å². The van der Waals surface area contributed by atoms with Crippen LogP contribution in [0.25, 0.3) is 0 Å². The second-order valence-corrected chi connectivity index (χ2v) is 6.26. The Hall–Kier alpha value is -1.29. The molecule has 1 saturated heterocycles. The average molecular weight is 308 g/mol. The number of ether oxygens (including phenoxy) is 1. The molecule has 9 heteroatoms. The summed E-state index contributed by atoms with van der Waals surface area (Å²) in [5, 5.41) is 8.99. The number of nitrogens with zero attached hydrogens (tertiary/aromatic N) is 1. The molecule has 1 aromatic carbocycles. The highest BCUT2D eigenvalue weighted by Crippen LogP contribution is 2.25. The monoisotopic (exact) mass is 308 g/mol. The van der Waals surface area contributed by atoms with Crippen LogP contribution in [0.2, 0.25) is 0 Å². The van der Waals surface area contributed by atoms with Gasteiger partial charge in [0, 0.05) is 18.8 Å². The van der Waals surface area contributed by atoms with Crippen molar-refractivity contribution in [3.05, 3.63) is 23.8 Å². The Labute approximate surface area is 114 Å². The van der Waals surface area contributed by atoms with Gasteiger partial charge in [0.15, 0.2) is 11.6 Å². The van der Waals surface area contributed by atoms with Gasteiger partial charge in [-0.1, -0.05) is 0 Å². The van der Waals surface area contributed by atoms with Crippen molar-refractivity contribution in [2.75, 3.05) is 32.0 Å². The number of aliphatic hydroxyl groups excluding tert-OH is 1. The predicted octanol–water partition coefficient (Wildman–Crippen LogP) is -0.0712. The third kappa shape index (κ3) is 2.75. The predicted molar refractivity (Wildman–Crippen MR) is 66.4 cm³/mol. The first-order chi connectivity index (χ1) is 9.36. The molecule has 0 aliphatic carbocycles. The van der Waals surface area contributed by atoms with Gasteiger partial charge in [-0.25, -0.2) is 17.2 Å². The quantitative estimate of drug-likeness (QED) is 0.763. The highest BCUT2D eigenvalue weighted by atomic mass is 32.2. The van der Waals surface area contributed by atoms with Gasteiger partial charge in [0.2, 0.25) is 10.0 Å². The number of halogens is 2. The molecule has 1 aliphatic heterocycles. The normalized spacial score (nSPS) is 21.1. The molecule has 0 spiro atoms. The van der Waals surface area contributed by atoms with Crippen LogP contribution in [0, 0.1) is 11.6 Å². The van der Waals surface area contributed by atoms with Gasteiger partial charge in [0.1, 0.15) is 4.90 Å². The van der Waals surface area contributed by atoms with E-state index in [-0.39, 0.29) is 32.0 Å². The molecule has 0 bridgehead atoms. The van der Waals surface area contributed by atoms with Gasteiger partial charge in [0.05, 0.1) is 19.3 Å². The molecule has 112 valence electrons. The maximum absolute atomic E-state index is 13.7. The van der Waals surface area contributed by atoms with Crippen molar-refractivity contribution in [1.82, 2.24) is 4.31 Å². The van der Waals surface area contributed by atoms with Gasteiger partial charge in [0.25, 0.3) is 0 Å². The number of rotatable bonds is 3. The van der Waals surface area contributed by atoms with Crippen LogP contribution in [0.15, 0.2) is 17.0 Å². The first kappa shape index (κ1) is 15.1. The second kappa shape index (κ2) is 5.60. The SMILES string of the molecule is Nc1cc(F)c(F)c(S(=O)(=O)N2CCOC(CO)C2)c1. The fourth-order valence-electron chi connectivity index (χ4n) is 1.93. The van der Waals surface area contributed by atoms with Crippen molar-refractivity contribution >= 4 is 15.7 Å². The van der Waals surface area contributed by atoms with Crippen molar-refractivity contribution in [2.45, 2.75) is 11.0 Å². The number of nitrogens with two attached hydrogens (primary N) is 1. The maximum Gasteiger partial charge on any atom is 0.246 e. The number of morpholine rings is 1. The second-order valence-electron chi connectivity index (χ2n) is 4.35. The van der Waals surface area contributed by atoms with Gasteiger partial charge in [-0.2, -0.15) is 4.31 Å². The number of hydrogen-bond donors (Lipinski definition) is 2. The third-order valence-electron chi connectivity index (χ3n) is 2.94. The van der Waals surface area contributed by atoms with E-state index in [0.29, 0.717) is 6.07 Å². The van der Waals surface area contributed by atoms with E-state index in [2.05, 4.69) is 0 Å². The molecule has 20 heavy (non-hydrogen) atoms. The highest BCUT2D eigenvalue weighted by molar-refractivity contribution is 7.89. The summed E-state index contributed by atoms with van der Waals surface area (Å²) in [6, 6.07) is 1.58. The molecule has 1 atom stereocenters. The molecule has 0 aromatic heterocycles. The van der Waals surface area contributed by atoms with E-state index < -0.39 is 32.7 Å². The summed E-state index contributed by atoms with van der Waals surface area (Å²) in [7, 11) is -4.23. The minimum absolute atomic E-state index is 0.00527. The van der Waals surface area contributed by atoms with E-state index in [1.54, 1.807) is 0 Å². The van der Waals surface area contributed by atoms with Gasteiger partial charge in [-0.15, -0.1) is 0 Å². The van der Waals surface area contributed by atoms with E-state index >= 15 is 0 Å². The first-order valence-corrected chi connectivity index (χ1v) is 7.27. The van der Waals surface area contributed by atoms with Gasteiger partial charge in [-0.3, -0.25) is 0 Å². The molecule has 1 unspecified atom stereocenters. The molecule has 6 nitrogen and oxygen atoms in total. The van der Waals surface area contributed by atoms with Crippen LogP contribution in [0.1, 0.15) is 0 Å². The molecular weight excluding hydrogens is 294 g/mol. The summed E-state index contributed by atoms with van der Waals surface area (Å²) in [5.74, 6) is -2.79. The van der Waals surface area contributed by atoms with Crippen LogP contribution >= 0.6 is 0 Å². The number of aliphatic hydroxyl groups is 1. The van der Waals surface area contributed by atoms with Gasteiger partial charge >= 0.3 is 0 Å². The number of sulfonamides is 1. The van der Waals surface area contributed by atoms with Crippen molar-refractivity contribution < 1.29 is 27.0 Å². The Morgan fingerprint density at radius 2 is 2.15 bits per heavy atom. The summed E-state index contributed by atoms with van der Waals surface area (Å²) >= 11 is 0. The Kier molecular flexibility index (Phi) is 4.23. The number of nitrogen functional groups attached to an aromatic ring is 1. The minimum Gasteiger partial charge on any atom is -0.399 e. The lowest BCUT2D eigenvalue weighted by molar-refractivity contribution is -0.0305. The fraction of sp³-hybridized carbons (Fsp3) is 0.455. The molecule has 1 heterocycles. The summed E-state index contributed by atoms with van der Waals surface area (Å²) in [4.78, 5) is -0.811. The van der Waals surface area contributed by atoms with Crippen LogP contribution in [0.5, 0.6) is 0 Å². The number of anilines is 1. The van der Waals surface area contributed by atoms with Crippen LogP contribution in [0.3, 0.4) is 0 Å². The zero-order valence-corrected chi connectivity index (χ0v) is 11.2. The lowest BCUT2D eigenvalue weighted by Gasteiger charge is -2.31. The largest absolute Gasteiger partial charge is 0.399 e. The fourth-order valence-corrected chi connectivity index (χ4v) is 3.50. The molecule has 1 fully saturated rings. The summed E-state index contributed by atoms with van der Waals surface area (Å²) in [5.41, 5.74) is 5.17. The zero-order valence-electron chi connectivity index (χ0n) is 10.4. The lowest BCUT2D eigenvalue weighted by atomic mass is 10.3. The molecular formula is C11H14F2N2O4S. The summed E-state index contributed by atoms with van der Waals surface area (Å²) in [6.45, 7) is -0.431. The Morgan fingerprint density at radius 3 is 2.80 bits per heavy atom. The molecule has 1 aromatic rings. The summed E-state index contributed by atoms with van der Waals surface area (Å²) in [6.07, 6.45) is -0.688. The van der Waals surface area contributed by atoms with Gasteiger partial charge in [-0.05, 0) is 12.1 Å². The van der Waals surface area contributed by atoms with E-state index in [1.807, 2.05) is 0 Å². The highest BCUT2D eigenvalue weighted by Gasteiger charge is 2.33. The average Bonchev–Trinajstić information content (AvgIpc) is 2.42. The topological polar surface area (TPSA) is 92.9 Å². The molecule has 0 saturated carbocycles. The van der Waals surface area contributed by atoms with E-state index in [4.69, 9.17) is 15.6 Å². The van der Waals surface area contributed by atoms with E-state index in [0.717, 1.165) is 10.4 Å². The zero-order chi connectivity index (χ0) is 14.9. The minimum atomic E-state index is -4.23. The maximum atomic E-state index is 13.7. The number of benzene rings is 1. The lowest BCUT2D eigenvalue weighted by Crippen LogP contribution is -2.47. The van der Waals surface area contributed by atoms with E-state index in [1.165, 1.54) is 0 Å². The molecule has 0 amide bonds. The van der Waals surface area contributed by atoms with Crippen LogP contribution in [0.4, 0.5) is 14.5 Å². The third-order valence-corrected chi connectivity index (χ3v) is 4.80. The van der Waals surface area contributed by atoms with Crippen molar-refractivity contribution in [2.24, 2.45) is 0 Å².